The van der Waals surface area contributed by atoms with Gasteiger partial charge in [0.1, 0.15) is 6.54 Å². The van der Waals surface area contributed by atoms with E-state index < -0.39 is 0 Å². The summed E-state index contributed by atoms with van der Waals surface area (Å²) in [4.78, 5) is 1.42. The van der Waals surface area contributed by atoms with E-state index in [1.54, 1.807) is 0 Å². The van der Waals surface area contributed by atoms with Crippen molar-refractivity contribution in [2.75, 3.05) is 19.4 Å². The molecule has 0 aromatic heterocycles. The summed E-state index contributed by atoms with van der Waals surface area (Å²) in [6.07, 6.45) is 0. The van der Waals surface area contributed by atoms with Crippen LogP contribution in [0.15, 0.2) is 53.0 Å². The highest BCUT2D eigenvalue weighted by Crippen LogP contribution is 2.15. The fraction of sp³-hybridized carbons (Fsp3) is 0.235. The van der Waals surface area contributed by atoms with Crippen molar-refractivity contribution in [3.05, 3.63) is 64.1 Å². The van der Waals surface area contributed by atoms with Gasteiger partial charge >= 0.3 is 0 Å². The second-order valence-corrected chi connectivity index (χ2v) is 6.84. The van der Waals surface area contributed by atoms with Gasteiger partial charge < -0.3 is 15.5 Å². The van der Waals surface area contributed by atoms with Crippen molar-refractivity contribution in [3.63, 3.8) is 0 Å². The minimum absolute atomic E-state index is 0.625. The molecule has 0 aliphatic heterocycles. The third-order valence-electron chi connectivity index (χ3n) is 3.12. The number of halogens is 1. The summed E-state index contributed by atoms with van der Waals surface area (Å²) < 4.78 is 1.03. The standard InChI is InChI=1S/C17H20BrN3S/c1-21(2)12-14-8-6-13(7-9-14)11-19-17(22)20-16-5-3-4-15(18)10-16/h3-10H,11-12H2,1-2H3,(H2,19,20,22)/p+1. The number of thiocarbonyl (C=S) groups is 1. The van der Waals surface area contributed by atoms with E-state index in [2.05, 4.69) is 64.9 Å². The van der Waals surface area contributed by atoms with Crippen molar-refractivity contribution >= 4 is 38.9 Å². The maximum Gasteiger partial charge on any atom is 0.171 e. The molecule has 0 unspecified atom stereocenters. The molecule has 3 N–H and O–H groups in total. The molecule has 0 bridgehead atoms. The third-order valence-corrected chi connectivity index (χ3v) is 3.86. The van der Waals surface area contributed by atoms with Crippen LogP contribution in [0.3, 0.4) is 0 Å². The maximum absolute atomic E-state index is 5.32. The molecular weight excluding hydrogens is 358 g/mol. The molecule has 2 rings (SSSR count). The normalized spacial score (nSPS) is 10.5. The van der Waals surface area contributed by atoms with Gasteiger partial charge in [-0.25, -0.2) is 0 Å². The lowest BCUT2D eigenvalue weighted by atomic mass is 10.1. The molecule has 3 nitrogen and oxygen atoms in total. The summed E-state index contributed by atoms with van der Waals surface area (Å²) in [5.41, 5.74) is 3.53. The van der Waals surface area contributed by atoms with Gasteiger partial charge in [0.25, 0.3) is 0 Å². The molecule has 2 aromatic rings. The van der Waals surface area contributed by atoms with E-state index in [0.29, 0.717) is 5.11 Å². The van der Waals surface area contributed by atoms with Crippen LogP contribution in [-0.2, 0) is 13.1 Å². The Morgan fingerprint density at radius 2 is 1.77 bits per heavy atom. The largest absolute Gasteiger partial charge is 0.358 e. The average Bonchev–Trinajstić information content (AvgIpc) is 2.46. The molecule has 22 heavy (non-hydrogen) atoms. The van der Waals surface area contributed by atoms with Gasteiger partial charge in [-0.1, -0.05) is 46.3 Å². The first-order valence-corrected chi connectivity index (χ1v) is 8.40. The van der Waals surface area contributed by atoms with Crippen LogP contribution in [0.4, 0.5) is 5.69 Å². The van der Waals surface area contributed by atoms with Gasteiger partial charge in [0.15, 0.2) is 5.11 Å². The van der Waals surface area contributed by atoms with Crippen LogP contribution >= 0.6 is 28.1 Å². The highest BCUT2D eigenvalue weighted by molar-refractivity contribution is 9.10. The van der Waals surface area contributed by atoms with Crippen LogP contribution < -0.4 is 15.5 Å². The summed E-state index contributed by atoms with van der Waals surface area (Å²) >= 11 is 8.77. The number of quaternary nitrogens is 1. The first-order chi connectivity index (χ1) is 10.5. The molecule has 0 amide bonds. The third kappa shape index (κ3) is 5.75. The second kappa shape index (κ2) is 8.27. The van der Waals surface area contributed by atoms with Crippen molar-refractivity contribution in [1.82, 2.24) is 5.32 Å². The van der Waals surface area contributed by atoms with Gasteiger partial charge in [-0.3, -0.25) is 0 Å². The van der Waals surface area contributed by atoms with Crippen LogP contribution in [0.2, 0.25) is 0 Å². The maximum atomic E-state index is 5.32. The van der Waals surface area contributed by atoms with Crippen molar-refractivity contribution < 1.29 is 4.90 Å². The average molecular weight is 379 g/mol. The van der Waals surface area contributed by atoms with Crippen LogP contribution in [0.25, 0.3) is 0 Å². The Labute approximate surface area is 145 Å². The van der Waals surface area contributed by atoms with Crippen LogP contribution in [0.1, 0.15) is 11.1 Å². The molecule has 2 aromatic carbocycles. The summed E-state index contributed by atoms with van der Waals surface area (Å²) in [6.45, 7) is 1.76. The Hall–Kier alpha value is -1.43. The van der Waals surface area contributed by atoms with Crippen molar-refractivity contribution in [2.45, 2.75) is 13.1 Å². The topological polar surface area (TPSA) is 28.5 Å². The zero-order valence-electron chi connectivity index (χ0n) is 12.8. The first-order valence-electron chi connectivity index (χ1n) is 7.20. The second-order valence-electron chi connectivity index (χ2n) is 5.52. The van der Waals surface area contributed by atoms with Crippen LogP contribution in [0, 0.1) is 0 Å². The molecule has 0 radical (unpaired) electrons. The fourth-order valence-corrected chi connectivity index (χ4v) is 2.70. The van der Waals surface area contributed by atoms with Gasteiger partial charge in [0.2, 0.25) is 0 Å². The SMILES string of the molecule is C[NH+](C)Cc1ccc(CNC(=S)Nc2cccc(Br)c2)cc1. The lowest BCUT2D eigenvalue weighted by Crippen LogP contribution is -3.04. The van der Waals surface area contributed by atoms with Crippen molar-refractivity contribution in [2.24, 2.45) is 0 Å². The number of hydrogen-bond acceptors (Lipinski definition) is 1. The number of benzene rings is 2. The number of rotatable bonds is 5. The predicted octanol–water partition coefficient (Wildman–Crippen LogP) is 2.58. The van der Waals surface area contributed by atoms with E-state index in [4.69, 9.17) is 12.2 Å². The fourth-order valence-electron chi connectivity index (χ4n) is 2.11. The van der Waals surface area contributed by atoms with E-state index in [9.17, 15) is 0 Å². The quantitative estimate of drug-likeness (QED) is 0.698. The molecule has 0 spiro atoms. The minimum atomic E-state index is 0.625. The number of anilines is 1. The Morgan fingerprint density at radius 3 is 2.41 bits per heavy atom. The zero-order chi connectivity index (χ0) is 15.9. The Balaban J connectivity index is 1.83. The van der Waals surface area contributed by atoms with Crippen molar-refractivity contribution in [3.8, 4) is 0 Å². The van der Waals surface area contributed by atoms with Crippen LogP contribution in [-0.4, -0.2) is 19.2 Å². The summed E-state index contributed by atoms with van der Waals surface area (Å²) in [7, 11) is 4.31. The number of nitrogens with one attached hydrogen (secondary N) is 3. The molecule has 0 saturated carbocycles. The summed E-state index contributed by atoms with van der Waals surface area (Å²) in [5.74, 6) is 0. The molecule has 0 aliphatic carbocycles. The molecule has 0 saturated heterocycles. The Bertz CT molecular complexity index is 626. The number of hydrogen-bond donors (Lipinski definition) is 3. The van der Waals surface area contributed by atoms with Gasteiger partial charge in [0, 0.05) is 22.3 Å². The van der Waals surface area contributed by atoms with Crippen LogP contribution in [0.5, 0.6) is 0 Å². The van der Waals surface area contributed by atoms with Gasteiger partial charge in [0.05, 0.1) is 14.1 Å². The first kappa shape index (κ1) is 16.9. The van der Waals surface area contributed by atoms with E-state index in [-0.39, 0.29) is 0 Å². The smallest absolute Gasteiger partial charge is 0.171 e. The van der Waals surface area contributed by atoms with E-state index >= 15 is 0 Å². The molecular formula is C17H21BrN3S+. The summed E-state index contributed by atoms with van der Waals surface area (Å²) in [6, 6.07) is 16.6. The molecule has 0 atom stereocenters. The Kier molecular flexibility index (Phi) is 6.36. The lowest BCUT2D eigenvalue weighted by Gasteiger charge is -2.11. The molecule has 5 heteroatoms. The minimum Gasteiger partial charge on any atom is -0.358 e. The van der Waals surface area contributed by atoms with Gasteiger partial charge in [-0.15, -0.1) is 0 Å². The molecule has 0 fully saturated rings. The molecule has 0 heterocycles. The van der Waals surface area contributed by atoms with E-state index in [0.717, 1.165) is 23.2 Å². The lowest BCUT2D eigenvalue weighted by molar-refractivity contribution is -0.872. The van der Waals surface area contributed by atoms with Gasteiger partial charge in [-0.05, 0) is 36.0 Å². The predicted molar refractivity (Wildman–Crippen MR) is 100 cm³/mol. The molecule has 0 aliphatic rings. The Morgan fingerprint density at radius 1 is 1.09 bits per heavy atom. The monoisotopic (exact) mass is 378 g/mol. The van der Waals surface area contributed by atoms with Gasteiger partial charge in [-0.2, -0.15) is 0 Å². The zero-order valence-corrected chi connectivity index (χ0v) is 15.2. The summed E-state index contributed by atoms with van der Waals surface area (Å²) in [5, 5.41) is 7.03. The highest BCUT2D eigenvalue weighted by Gasteiger charge is 2.01. The van der Waals surface area contributed by atoms with E-state index in [1.807, 2.05) is 24.3 Å². The molecule has 116 valence electrons. The van der Waals surface area contributed by atoms with Crippen molar-refractivity contribution in [1.29, 1.82) is 0 Å². The highest BCUT2D eigenvalue weighted by atomic mass is 79.9. The van der Waals surface area contributed by atoms with E-state index in [1.165, 1.54) is 16.0 Å².